The van der Waals surface area contributed by atoms with Crippen LogP contribution in [0.3, 0.4) is 0 Å². The molecule has 1 saturated heterocycles. The Morgan fingerprint density at radius 3 is 2.43 bits per heavy atom. The lowest BCUT2D eigenvalue weighted by Gasteiger charge is -2.44. The third-order valence-corrected chi connectivity index (χ3v) is 4.60. The topological polar surface area (TPSA) is 21.3 Å². The Morgan fingerprint density at radius 2 is 1.86 bits per heavy atom. The summed E-state index contributed by atoms with van der Waals surface area (Å²) < 4.78 is 5.49. The highest BCUT2D eigenvalue weighted by atomic mass is 35.5. The van der Waals surface area contributed by atoms with Gasteiger partial charge in [0, 0.05) is 23.5 Å². The van der Waals surface area contributed by atoms with Crippen LogP contribution in [0.5, 0.6) is 5.75 Å². The van der Waals surface area contributed by atoms with Crippen molar-refractivity contribution in [3.05, 3.63) is 64.2 Å². The van der Waals surface area contributed by atoms with Crippen molar-refractivity contribution in [2.24, 2.45) is 0 Å². The van der Waals surface area contributed by atoms with E-state index in [1.807, 2.05) is 18.2 Å². The molecule has 1 heterocycles. The first kappa shape index (κ1) is 14.4. The lowest BCUT2D eigenvalue weighted by Crippen LogP contribution is -2.58. The molecule has 0 saturated carbocycles. The van der Waals surface area contributed by atoms with Crippen LogP contribution in [0.4, 0.5) is 0 Å². The summed E-state index contributed by atoms with van der Waals surface area (Å²) in [6, 6.07) is 14.7. The molecule has 0 aliphatic carbocycles. The number of ether oxygens (including phenoxy) is 1. The van der Waals surface area contributed by atoms with Crippen LogP contribution in [-0.2, 0) is 11.8 Å². The van der Waals surface area contributed by atoms with Crippen molar-refractivity contribution in [3.8, 4) is 5.75 Å². The molecule has 0 unspecified atom stereocenters. The van der Waals surface area contributed by atoms with Crippen LogP contribution in [0, 0.1) is 6.92 Å². The molecule has 1 fully saturated rings. The van der Waals surface area contributed by atoms with Crippen molar-refractivity contribution in [2.75, 3.05) is 20.2 Å². The maximum absolute atomic E-state index is 6.16. The second-order valence-corrected chi connectivity index (χ2v) is 6.32. The number of hydrogen-bond donors (Lipinski definition) is 1. The predicted octanol–water partition coefficient (Wildman–Crippen LogP) is 3.74. The Morgan fingerprint density at radius 1 is 1.14 bits per heavy atom. The van der Waals surface area contributed by atoms with Crippen LogP contribution in [0.15, 0.2) is 42.5 Å². The van der Waals surface area contributed by atoms with Gasteiger partial charge in [-0.05, 0) is 42.7 Å². The minimum absolute atomic E-state index is 0.145. The Bertz CT molecular complexity index is 632. The summed E-state index contributed by atoms with van der Waals surface area (Å²) in [4.78, 5) is 0. The molecule has 3 rings (SSSR count). The molecule has 1 aliphatic heterocycles. The summed E-state index contributed by atoms with van der Waals surface area (Å²) in [7, 11) is 1.71. The van der Waals surface area contributed by atoms with Gasteiger partial charge in [-0.3, -0.25) is 0 Å². The smallest absolute Gasteiger partial charge is 0.122 e. The fourth-order valence-corrected chi connectivity index (χ4v) is 3.21. The summed E-state index contributed by atoms with van der Waals surface area (Å²) in [5.41, 5.74) is 3.99. The normalized spacial score (nSPS) is 16.3. The lowest BCUT2D eigenvalue weighted by atomic mass is 9.71. The van der Waals surface area contributed by atoms with Crippen molar-refractivity contribution in [1.82, 2.24) is 5.32 Å². The molecule has 0 amide bonds. The van der Waals surface area contributed by atoms with Crippen LogP contribution < -0.4 is 10.1 Å². The summed E-state index contributed by atoms with van der Waals surface area (Å²) in [5, 5.41) is 4.17. The second-order valence-electron chi connectivity index (χ2n) is 5.88. The van der Waals surface area contributed by atoms with E-state index in [9.17, 15) is 0 Å². The van der Waals surface area contributed by atoms with Gasteiger partial charge >= 0.3 is 0 Å². The van der Waals surface area contributed by atoms with Crippen molar-refractivity contribution in [3.63, 3.8) is 0 Å². The molecule has 21 heavy (non-hydrogen) atoms. The standard InChI is InChI=1S/C18H20ClNO/c1-13-3-5-15(6-4-13)18(11-20-12-18)10-14-9-16(19)7-8-17(14)21-2/h3-9,20H,10-12H2,1-2H3. The Hall–Kier alpha value is -1.51. The molecule has 0 bridgehead atoms. The molecule has 2 aromatic carbocycles. The molecular formula is C18H20ClNO. The average Bonchev–Trinajstić information content (AvgIpc) is 2.44. The summed E-state index contributed by atoms with van der Waals surface area (Å²) in [6.45, 7) is 4.10. The summed E-state index contributed by atoms with van der Waals surface area (Å²) in [5.74, 6) is 0.915. The molecule has 1 N–H and O–H groups in total. The first-order valence-electron chi connectivity index (χ1n) is 7.23. The van der Waals surface area contributed by atoms with E-state index in [2.05, 4.69) is 36.5 Å². The zero-order chi connectivity index (χ0) is 14.9. The highest BCUT2D eigenvalue weighted by Crippen LogP contribution is 2.36. The van der Waals surface area contributed by atoms with Crippen LogP contribution >= 0.6 is 11.6 Å². The van der Waals surface area contributed by atoms with Crippen molar-refractivity contribution in [1.29, 1.82) is 0 Å². The second kappa shape index (κ2) is 5.70. The van der Waals surface area contributed by atoms with E-state index in [1.54, 1.807) is 7.11 Å². The largest absolute Gasteiger partial charge is 0.496 e. The van der Waals surface area contributed by atoms with Gasteiger partial charge in [-0.2, -0.15) is 0 Å². The van der Waals surface area contributed by atoms with E-state index in [1.165, 1.54) is 16.7 Å². The Balaban J connectivity index is 1.94. The van der Waals surface area contributed by atoms with Crippen LogP contribution in [0.25, 0.3) is 0 Å². The van der Waals surface area contributed by atoms with E-state index >= 15 is 0 Å². The quantitative estimate of drug-likeness (QED) is 0.929. The fraction of sp³-hybridized carbons (Fsp3) is 0.333. The molecule has 0 spiro atoms. The van der Waals surface area contributed by atoms with E-state index < -0.39 is 0 Å². The molecule has 1 aliphatic rings. The van der Waals surface area contributed by atoms with Gasteiger partial charge in [0.2, 0.25) is 0 Å². The molecule has 110 valence electrons. The number of halogens is 1. The van der Waals surface area contributed by atoms with Gasteiger partial charge < -0.3 is 10.1 Å². The van der Waals surface area contributed by atoms with E-state index in [4.69, 9.17) is 16.3 Å². The third kappa shape index (κ3) is 2.78. The Labute approximate surface area is 131 Å². The minimum atomic E-state index is 0.145. The zero-order valence-electron chi connectivity index (χ0n) is 12.4. The SMILES string of the molecule is COc1ccc(Cl)cc1CC1(c2ccc(C)cc2)CNC1. The van der Waals surface area contributed by atoms with Gasteiger partial charge in [-0.25, -0.2) is 0 Å². The van der Waals surface area contributed by atoms with Gasteiger partial charge in [-0.15, -0.1) is 0 Å². The molecule has 0 aromatic heterocycles. The van der Waals surface area contributed by atoms with Crippen LogP contribution in [0.1, 0.15) is 16.7 Å². The zero-order valence-corrected chi connectivity index (χ0v) is 13.2. The highest BCUT2D eigenvalue weighted by Gasteiger charge is 2.39. The van der Waals surface area contributed by atoms with Crippen molar-refractivity contribution < 1.29 is 4.74 Å². The van der Waals surface area contributed by atoms with Crippen molar-refractivity contribution >= 4 is 11.6 Å². The van der Waals surface area contributed by atoms with Gasteiger partial charge in [0.1, 0.15) is 5.75 Å². The number of methoxy groups -OCH3 is 1. The van der Waals surface area contributed by atoms with Crippen LogP contribution in [-0.4, -0.2) is 20.2 Å². The monoisotopic (exact) mass is 301 g/mol. The van der Waals surface area contributed by atoms with Crippen molar-refractivity contribution in [2.45, 2.75) is 18.8 Å². The average molecular weight is 302 g/mol. The third-order valence-electron chi connectivity index (χ3n) is 4.36. The maximum Gasteiger partial charge on any atom is 0.122 e. The molecule has 0 atom stereocenters. The summed E-state index contributed by atoms with van der Waals surface area (Å²) in [6.07, 6.45) is 0.937. The molecule has 3 heteroatoms. The van der Waals surface area contributed by atoms with Gasteiger partial charge in [0.15, 0.2) is 0 Å². The molecular weight excluding hydrogens is 282 g/mol. The highest BCUT2D eigenvalue weighted by molar-refractivity contribution is 6.30. The first-order chi connectivity index (χ1) is 10.1. The van der Waals surface area contributed by atoms with Gasteiger partial charge in [0.05, 0.1) is 7.11 Å². The fourth-order valence-electron chi connectivity index (χ4n) is 3.01. The predicted molar refractivity (Wildman–Crippen MR) is 87.4 cm³/mol. The molecule has 0 radical (unpaired) electrons. The number of aryl methyl sites for hydroxylation is 1. The first-order valence-corrected chi connectivity index (χ1v) is 7.61. The van der Waals surface area contributed by atoms with Gasteiger partial charge in [0.25, 0.3) is 0 Å². The molecule has 2 nitrogen and oxygen atoms in total. The lowest BCUT2D eigenvalue weighted by molar-refractivity contribution is 0.271. The number of hydrogen-bond acceptors (Lipinski definition) is 2. The van der Waals surface area contributed by atoms with Crippen LogP contribution in [0.2, 0.25) is 5.02 Å². The van der Waals surface area contributed by atoms with E-state index in [-0.39, 0.29) is 5.41 Å². The van der Waals surface area contributed by atoms with Gasteiger partial charge in [-0.1, -0.05) is 41.4 Å². The number of nitrogens with one attached hydrogen (secondary N) is 1. The summed E-state index contributed by atoms with van der Waals surface area (Å²) >= 11 is 6.16. The number of rotatable bonds is 4. The minimum Gasteiger partial charge on any atom is -0.496 e. The Kier molecular flexibility index (Phi) is 3.92. The molecule has 2 aromatic rings. The van der Waals surface area contributed by atoms with E-state index in [0.717, 1.165) is 30.3 Å². The maximum atomic E-state index is 6.16. The number of benzene rings is 2. The van der Waals surface area contributed by atoms with E-state index in [0.29, 0.717) is 0 Å².